The Bertz CT molecular complexity index is 2010. The monoisotopic (exact) mass is 1520 g/mol. The molecule has 0 heterocycles. The molecule has 5 atom stereocenters. The summed E-state index contributed by atoms with van der Waals surface area (Å²) >= 11 is 0. The molecule has 0 radical (unpaired) electrons. The summed E-state index contributed by atoms with van der Waals surface area (Å²) in [5.41, 5.74) is 0. The lowest BCUT2D eigenvalue weighted by atomic mass is 10.0. The Kier molecular flexibility index (Phi) is 73.7. The fourth-order valence-electron chi connectivity index (χ4n) is 13.2. The molecule has 0 saturated heterocycles. The van der Waals surface area contributed by atoms with E-state index in [9.17, 15) is 43.2 Å². The number of rotatable bonds is 83. The number of phosphoric acid groups is 2. The molecule has 0 aliphatic carbocycles. The molecule has 19 heteroatoms. The molecular formula is C85H166O17P2. The van der Waals surface area contributed by atoms with E-state index >= 15 is 0 Å². The molecule has 0 amide bonds. The number of aliphatic hydroxyl groups excluding tert-OH is 1. The zero-order valence-electron chi connectivity index (χ0n) is 68.5. The second kappa shape index (κ2) is 75.1. The molecule has 0 aromatic heterocycles. The van der Waals surface area contributed by atoms with Gasteiger partial charge in [0, 0.05) is 25.7 Å². The lowest BCUT2D eigenvalue weighted by Crippen LogP contribution is -2.30. The highest BCUT2D eigenvalue weighted by Gasteiger charge is 2.30. The summed E-state index contributed by atoms with van der Waals surface area (Å²) in [6.07, 6.45) is 65.3. The van der Waals surface area contributed by atoms with E-state index in [2.05, 4.69) is 48.5 Å². The lowest BCUT2D eigenvalue weighted by molar-refractivity contribution is -0.161. The van der Waals surface area contributed by atoms with Crippen molar-refractivity contribution >= 4 is 39.5 Å². The van der Waals surface area contributed by atoms with Crippen molar-refractivity contribution in [2.75, 3.05) is 39.6 Å². The smallest absolute Gasteiger partial charge is 0.462 e. The van der Waals surface area contributed by atoms with Gasteiger partial charge in [-0.25, -0.2) is 9.13 Å². The Hall–Kier alpha value is -1.94. The SMILES string of the molecule is CCCCCCCCCCCCCCCCCCCCCCCC(=O)O[C@H](COC(=O)CCCCCCCCCCCCCCCC(C)C)COP(=O)(O)OC[C@@H](O)COP(=O)(O)OC[C@@H](COC(=O)CCCCCCCCCCCC(C)C)OC(=O)CCCCCCCCCCCCCCC(C)C. The molecule has 0 spiro atoms. The number of esters is 4. The summed E-state index contributed by atoms with van der Waals surface area (Å²) in [5.74, 6) is 0.205. The maximum absolute atomic E-state index is 13.1. The first-order valence-corrected chi connectivity index (χ1v) is 46.8. The van der Waals surface area contributed by atoms with Gasteiger partial charge in [-0.05, 0) is 43.4 Å². The van der Waals surface area contributed by atoms with Crippen molar-refractivity contribution < 1.29 is 80.2 Å². The van der Waals surface area contributed by atoms with Gasteiger partial charge < -0.3 is 33.8 Å². The van der Waals surface area contributed by atoms with E-state index in [1.165, 1.54) is 257 Å². The van der Waals surface area contributed by atoms with Gasteiger partial charge in [-0.15, -0.1) is 0 Å². The maximum atomic E-state index is 13.1. The minimum Gasteiger partial charge on any atom is -0.462 e. The second-order valence-corrected chi connectivity index (χ2v) is 34.9. The molecule has 104 heavy (non-hydrogen) atoms. The number of aliphatic hydroxyl groups is 1. The summed E-state index contributed by atoms with van der Waals surface area (Å²) in [5, 5.41) is 10.7. The molecule has 2 unspecified atom stereocenters. The average Bonchev–Trinajstić information content (AvgIpc) is 0.915. The highest BCUT2D eigenvalue weighted by Crippen LogP contribution is 2.45. The molecule has 0 aliphatic rings. The summed E-state index contributed by atoms with van der Waals surface area (Å²) in [7, 11) is -9.93. The first-order valence-electron chi connectivity index (χ1n) is 43.8. The number of hydrogen-bond donors (Lipinski definition) is 3. The highest BCUT2D eigenvalue weighted by atomic mass is 31.2. The Morgan fingerprint density at radius 2 is 0.442 bits per heavy atom. The third-order valence-corrected chi connectivity index (χ3v) is 21.8. The van der Waals surface area contributed by atoms with Crippen molar-refractivity contribution in [1.82, 2.24) is 0 Å². The van der Waals surface area contributed by atoms with Crippen molar-refractivity contribution in [2.24, 2.45) is 17.8 Å². The Balaban J connectivity index is 5.25. The van der Waals surface area contributed by atoms with E-state index in [1.807, 2.05) is 0 Å². The van der Waals surface area contributed by atoms with Crippen molar-refractivity contribution in [3.8, 4) is 0 Å². The Morgan fingerprint density at radius 1 is 0.260 bits per heavy atom. The number of ether oxygens (including phenoxy) is 4. The lowest BCUT2D eigenvalue weighted by Gasteiger charge is -2.21. The Morgan fingerprint density at radius 3 is 0.654 bits per heavy atom. The molecule has 0 rings (SSSR count). The predicted octanol–water partition coefficient (Wildman–Crippen LogP) is 25.7. The van der Waals surface area contributed by atoms with Crippen molar-refractivity contribution in [1.29, 1.82) is 0 Å². The zero-order valence-corrected chi connectivity index (χ0v) is 70.3. The van der Waals surface area contributed by atoms with Gasteiger partial charge in [0.2, 0.25) is 0 Å². The molecule has 0 saturated carbocycles. The summed E-state index contributed by atoms with van der Waals surface area (Å²) in [6.45, 7) is 12.0. The Labute approximate surface area is 638 Å². The normalized spacial score (nSPS) is 13.9. The van der Waals surface area contributed by atoms with Gasteiger partial charge in [0.1, 0.15) is 19.3 Å². The molecule has 0 bridgehead atoms. The number of phosphoric ester groups is 2. The highest BCUT2D eigenvalue weighted by molar-refractivity contribution is 7.47. The molecule has 0 aromatic rings. The zero-order chi connectivity index (χ0) is 76.5. The number of carbonyl (C=O) groups excluding carboxylic acids is 4. The van der Waals surface area contributed by atoms with Crippen LogP contribution in [-0.4, -0.2) is 96.7 Å². The van der Waals surface area contributed by atoms with E-state index < -0.39 is 97.5 Å². The van der Waals surface area contributed by atoms with Gasteiger partial charge in [-0.3, -0.25) is 37.3 Å². The first-order chi connectivity index (χ1) is 50.2. The van der Waals surface area contributed by atoms with E-state index in [0.29, 0.717) is 25.7 Å². The molecule has 0 aromatic carbocycles. The largest absolute Gasteiger partial charge is 0.472 e. The van der Waals surface area contributed by atoms with Crippen LogP contribution in [0.1, 0.15) is 447 Å². The van der Waals surface area contributed by atoms with Gasteiger partial charge in [-0.1, -0.05) is 395 Å². The van der Waals surface area contributed by atoms with Crippen LogP contribution in [0.25, 0.3) is 0 Å². The summed E-state index contributed by atoms with van der Waals surface area (Å²) in [6, 6.07) is 0. The predicted molar refractivity (Wildman–Crippen MR) is 428 cm³/mol. The van der Waals surface area contributed by atoms with Crippen LogP contribution in [0.3, 0.4) is 0 Å². The van der Waals surface area contributed by atoms with Gasteiger partial charge in [0.25, 0.3) is 0 Å². The fraction of sp³-hybridized carbons (Fsp3) is 0.953. The molecule has 618 valence electrons. The van der Waals surface area contributed by atoms with Crippen LogP contribution in [0.2, 0.25) is 0 Å². The van der Waals surface area contributed by atoms with Crippen LogP contribution >= 0.6 is 15.6 Å². The van der Waals surface area contributed by atoms with Crippen LogP contribution < -0.4 is 0 Å². The number of carbonyl (C=O) groups is 4. The van der Waals surface area contributed by atoms with E-state index in [-0.39, 0.29) is 25.7 Å². The molecule has 17 nitrogen and oxygen atoms in total. The molecule has 3 N–H and O–H groups in total. The third kappa shape index (κ3) is 78.2. The minimum absolute atomic E-state index is 0.107. The quantitative estimate of drug-likeness (QED) is 0.0222. The molecule has 0 aliphatic heterocycles. The van der Waals surface area contributed by atoms with E-state index in [4.69, 9.17) is 37.0 Å². The van der Waals surface area contributed by atoms with Crippen LogP contribution in [0.15, 0.2) is 0 Å². The van der Waals surface area contributed by atoms with Gasteiger partial charge >= 0.3 is 39.5 Å². The first kappa shape index (κ1) is 102. The van der Waals surface area contributed by atoms with Crippen LogP contribution in [0.4, 0.5) is 0 Å². The fourth-order valence-corrected chi connectivity index (χ4v) is 14.8. The van der Waals surface area contributed by atoms with Crippen LogP contribution in [0, 0.1) is 17.8 Å². The van der Waals surface area contributed by atoms with Gasteiger partial charge in [0.15, 0.2) is 12.2 Å². The number of unbranched alkanes of at least 4 members (excludes halogenated alkanes) is 51. The summed E-state index contributed by atoms with van der Waals surface area (Å²) < 4.78 is 68.9. The van der Waals surface area contributed by atoms with Crippen LogP contribution in [0.5, 0.6) is 0 Å². The van der Waals surface area contributed by atoms with Crippen molar-refractivity contribution in [3.05, 3.63) is 0 Å². The average molecular weight is 1520 g/mol. The van der Waals surface area contributed by atoms with Gasteiger partial charge in [0.05, 0.1) is 26.4 Å². The third-order valence-electron chi connectivity index (χ3n) is 19.9. The number of hydrogen-bond acceptors (Lipinski definition) is 15. The standard InChI is InChI=1S/C85H166O17P2/c1-8-9-10-11-12-13-14-15-16-17-18-19-20-21-22-25-32-39-47-54-61-68-84(89)101-80(72-95-82(87)66-59-52-45-38-31-26-23-24-29-35-42-49-56-63-76(2)3)74-99-103(91,92)97-70-79(86)71-98-104(93,94)100-75-81(73-96-83(88)67-60-53-46-41-34-37-44-51-58-65-78(6)7)102-85(90)69-62-55-48-40-33-28-27-30-36-43-50-57-64-77(4)5/h76-81,86H,8-75H2,1-7H3,(H,91,92)(H,93,94)/t79-,80-,81-/m1/s1. The van der Waals surface area contributed by atoms with Crippen molar-refractivity contribution in [3.63, 3.8) is 0 Å². The van der Waals surface area contributed by atoms with E-state index in [0.717, 1.165) is 108 Å². The van der Waals surface area contributed by atoms with E-state index in [1.54, 1.807) is 0 Å². The van der Waals surface area contributed by atoms with Gasteiger partial charge in [-0.2, -0.15) is 0 Å². The topological polar surface area (TPSA) is 237 Å². The molecular weight excluding hydrogens is 1350 g/mol. The van der Waals surface area contributed by atoms with Crippen LogP contribution in [-0.2, 0) is 65.4 Å². The minimum atomic E-state index is -4.97. The molecule has 0 fully saturated rings. The second-order valence-electron chi connectivity index (χ2n) is 32.0. The summed E-state index contributed by atoms with van der Waals surface area (Å²) in [4.78, 5) is 73.2. The van der Waals surface area contributed by atoms with Crippen molar-refractivity contribution in [2.45, 2.75) is 465 Å². The maximum Gasteiger partial charge on any atom is 0.472 e.